The van der Waals surface area contributed by atoms with Gasteiger partial charge >= 0.3 is 0 Å². The first-order chi connectivity index (χ1) is 9.19. The maximum atomic E-state index is 12.7. The molecule has 1 saturated heterocycles. The third-order valence-electron chi connectivity index (χ3n) is 3.67. The van der Waals surface area contributed by atoms with E-state index < -0.39 is 0 Å². The highest BCUT2D eigenvalue weighted by Crippen LogP contribution is 2.30. The van der Waals surface area contributed by atoms with Crippen molar-refractivity contribution in [3.05, 3.63) is 23.8 Å². The molecule has 0 radical (unpaired) electrons. The third-order valence-corrected chi connectivity index (χ3v) is 3.67. The number of rotatable bonds is 4. The number of ether oxygens (including phenoxy) is 1. The second-order valence-electron chi connectivity index (χ2n) is 4.86. The zero-order chi connectivity index (χ0) is 13.8. The summed E-state index contributed by atoms with van der Waals surface area (Å²) in [5.41, 5.74) is 7.03. The number of hydrogen-bond acceptors (Lipinski definition) is 3. The van der Waals surface area contributed by atoms with Gasteiger partial charge in [-0.3, -0.25) is 4.79 Å². The van der Waals surface area contributed by atoms with Crippen LogP contribution in [0.4, 0.5) is 5.69 Å². The van der Waals surface area contributed by atoms with Gasteiger partial charge in [0.15, 0.2) is 5.75 Å². The van der Waals surface area contributed by atoms with Gasteiger partial charge in [-0.25, -0.2) is 0 Å². The Hall–Kier alpha value is -1.71. The highest BCUT2D eigenvalue weighted by molar-refractivity contribution is 5.99. The molecule has 1 unspecified atom stereocenters. The number of nitrogens with zero attached hydrogens (tertiary/aromatic N) is 1. The van der Waals surface area contributed by atoms with Crippen LogP contribution in [-0.2, 0) is 0 Å². The molecule has 4 nitrogen and oxygen atoms in total. The maximum absolute atomic E-state index is 12.7. The second kappa shape index (κ2) is 5.95. The van der Waals surface area contributed by atoms with Crippen LogP contribution in [0.1, 0.15) is 43.5 Å². The zero-order valence-electron chi connectivity index (χ0n) is 11.7. The molecule has 0 saturated carbocycles. The van der Waals surface area contributed by atoms with Crippen molar-refractivity contribution in [1.29, 1.82) is 0 Å². The Kier molecular flexibility index (Phi) is 4.30. The Morgan fingerprint density at radius 1 is 1.47 bits per heavy atom. The topological polar surface area (TPSA) is 55.6 Å². The molecular formula is C15H22N2O2. The molecule has 2 N–H and O–H groups in total. The van der Waals surface area contributed by atoms with E-state index in [1.54, 1.807) is 12.1 Å². The number of carbonyl (C=O) groups excluding carboxylic acids is 1. The summed E-state index contributed by atoms with van der Waals surface area (Å²) in [5.74, 6) is 0.567. The average molecular weight is 262 g/mol. The van der Waals surface area contributed by atoms with E-state index in [4.69, 9.17) is 10.5 Å². The molecule has 0 spiro atoms. The van der Waals surface area contributed by atoms with Crippen LogP contribution >= 0.6 is 0 Å². The van der Waals surface area contributed by atoms with Gasteiger partial charge in [0.25, 0.3) is 5.91 Å². The normalized spacial score (nSPS) is 18.6. The van der Waals surface area contributed by atoms with Crippen molar-refractivity contribution >= 4 is 11.6 Å². The average Bonchev–Trinajstić information content (AvgIpc) is 2.89. The molecule has 1 atom stereocenters. The summed E-state index contributed by atoms with van der Waals surface area (Å²) in [4.78, 5) is 14.6. The minimum absolute atomic E-state index is 0.0418. The first-order valence-electron chi connectivity index (χ1n) is 7.01. The molecule has 1 aromatic rings. The molecule has 1 aromatic carbocycles. The summed E-state index contributed by atoms with van der Waals surface area (Å²) >= 11 is 0. The number of para-hydroxylation sites is 1. The molecule has 4 heteroatoms. The number of nitrogen functional groups attached to an aromatic ring is 1. The van der Waals surface area contributed by atoms with Crippen molar-refractivity contribution in [2.45, 2.75) is 39.2 Å². The quantitative estimate of drug-likeness (QED) is 0.849. The van der Waals surface area contributed by atoms with Crippen LogP contribution in [0.5, 0.6) is 5.75 Å². The van der Waals surface area contributed by atoms with E-state index in [-0.39, 0.29) is 5.91 Å². The van der Waals surface area contributed by atoms with Gasteiger partial charge in [0.2, 0.25) is 0 Å². The van der Waals surface area contributed by atoms with Gasteiger partial charge in [-0.15, -0.1) is 0 Å². The Balaban J connectivity index is 2.30. The highest BCUT2D eigenvalue weighted by Gasteiger charge is 2.29. The van der Waals surface area contributed by atoms with E-state index in [0.29, 0.717) is 29.6 Å². The lowest BCUT2D eigenvalue weighted by atomic mass is 10.1. The van der Waals surface area contributed by atoms with E-state index in [1.165, 1.54) is 0 Å². The van der Waals surface area contributed by atoms with E-state index in [2.05, 4.69) is 6.92 Å². The van der Waals surface area contributed by atoms with Gasteiger partial charge in [-0.2, -0.15) is 0 Å². The molecule has 1 heterocycles. The molecule has 0 bridgehead atoms. The van der Waals surface area contributed by atoms with Gasteiger partial charge in [0, 0.05) is 12.6 Å². The summed E-state index contributed by atoms with van der Waals surface area (Å²) in [5, 5.41) is 0. The Labute approximate surface area is 114 Å². The van der Waals surface area contributed by atoms with Crippen LogP contribution < -0.4 is 10.5 Å². The second-order valence-corrected chi connectivity index (χ2v) is 4.86. The summed E-state index contributed by atoms with van der Waals surface area (Å²) in [6.45, 7) is 5.36. The van der Waals surface area contributed by atoms with Gasteiger partial charge in [-0.05, 0) is 38.3 Å². The predicted molar refractivity (Wildman–Crippen MR) is 76.4 cm³/mol. The lowest BCUT2D eigenvalue weighted by Gasteiger charge is -2.25. The SMILES string of the molecule is CCOc1c(N)cccc1C(=O)N1CCCC1CC. The fraction of sp³-hybridized carbons (Fsp3) is 0.533. The lowest BCUT2D eigenvalue weighted by Crippen LogP contribution is -2.35. The first kappa shape index (κ1) is 13.7. The molecule has 0 aliphatic carbocycles. The zero-order valence-corrected chi connectivity index (χ0v) is 11.7. The first-order valence-corrected chi connectivity index (χ1v) is 7.01. The van der Waals surface area contributed by atoms with Crippen LogP contribution in [0.25, 0.3) is 0 Å². The highest BCUT2D eigenvalue weighted by atomic mass is 16.5. The molecule has 1 aliphatic rings. The van der Waals surface area contributed by atoms with Crippen LogP contribution in [0.3, 0.4) is 0 Å². The number of nitrogens with two attached hydrogens (primary N) is 1. The van der Waals surface area contributed by atoms with E-state index in [1.807, 2.05) is 17.9 Å². The standard InChI is InChI=1S/C15H22N2O2/c1-3-11-7-6-10-17(11)15(18)12-8-5-9-13(16)14(12)19-4-2/h5,8-9,11H,3-4,6-7,10,16H2,1-2H3. The van der Waals surface area contributed by atoms with Crippen LogP contribution in [0.15, 0.2) is 18.2 Å². The maximum Gasteiger partial charge on any atom is 0.257 e. The van der Waals surface area contributed by atoms with Crippen LogP contribution in [-0.4, -0.2) is 30.0 Å². The molecule has 1 fully saturated rings. The lowest BCUT2D eigenvalue weighted by molar-refractivity contribution is 0.0729. The van der Waals surface area contributed by atoms with Crippen molar-refractivity contribution in [2.24, 2.45) is 0 Å². The molecular weight excluding hydrogens is 240 g/mol. The summed E-state index contributed by atoms with van der Waals surface area (Å²) in [6, 6.07) is 5.73. The molecule has 1 amide bonds. The fourth-order valence-electron chi connectivity index (χ4n) is 2.71. The van der Waals surface area contributed by atoms with E-state index >= 15 is 0 Å². The number of anilines is 1. The Bertz CT molecular complexity index is 459. The molecule has 19 heavy (non-hydrogen) atoms. The molecule has 0 aromatic heterocycles. The Morgan fingerprint density at radius 3 is 2.95 bits per heavy atom. The summed E-state index contributed by atoms with van der Waals surface area (Å²) in [6.07, 6.45) is 3.17. The van der Waals surface area contributed by atoms with Gasteiger partial charge in [0.05, 0.1) is 17.9 Å². The number of amides is 1. The largest absolute Gasteiger partial charge is 0.491 e. The Morgan fingerprint density at radius 2 is 2.26 bits per heavy atom. The minimum Gasteiger partial charge on any atom is -0.491 e. The smallest absolute Gasteiger partial charge is 0.257 e. The summed E-state index contributed by atoms with van der Waals surface area (Å²) < 4.78 is 5.54. The van der Waals surface area contributed by atoms with Crippen LogP contribution in [0.2, 0.25) is 0 Å². The number of benzene rings is 1. The van der Waals surface area contributed by atoms with Crippen molar-refractivity contribution < 1.29 is 9.53 Å². The van der Waals surface area contributed by atoms with E-state index in [0.717, 1.165) is 25.8 Å². The van der Waals surface area contributed by atoms with Gasteiger partial charge in [0.1, 0.15) is 0 Å². The van der Waals surface area contributed by atoms with E-state index in [9.17, 15) is 4.79 Å². The third kappa shape index (κ3) is 2.67. The molecule has 2 rings (SSSR count). The van der Waals surface area contributed by atoms with Crippen LogP contribution in [0, 0.1) is 0 Å². The van der Waals surface area contributed by atoms with Gasteiger partial charge < -0.3 is 15.4 Å². The summed E-state index contributed by atoms with van der Waals surface area (Å²) in [7, 11) is 0. The number of carbonyl (C=O) groups is 1. The van der Waals surface area contributed by atoms with Crippen molar-refractivity contribution in [1.82, 2.24) is 4.90 Å². The van der Waals surface area contributed by atoms with Gasteiger partial charge in [-0.1, -0.05) is 13.0 Å². The molecule has 104 valence electrons. The minimum atomic E-state index is 0.0418. The monoisotopic (exact) mass is 262 g/mol. The van der Waals surface area contributed by atoms with Crippen molar-refractivity contribution in [3.63, 3.8) is 0 Å². The number of hydrogen-bond donors (Lipinski definition) is 1. The molecule has 1 aliphatic heterocycles. The van der Waals surface area contributed by atoms with Crippen molar-refractivity contribution in [3.8, 4) is 5.75 Å². The van der Waals surface area contributed by atoms with Crippen molar-refractivity contribution in [2.75, 3.05) is 18.9 Å². The number of likely N-dealkylation sites (tertiary alicyclic amines) is 1. The predicted octanol–water partition coefficient (Wildman–Crippen LogP) is 2.68. The fourth-order valence-corrected chi connectivity index (χ4v) is 2.71.